The Kier molecular flexibility index (Phi) is 30.8. The van der Waals surface area contributed by atoms with Crippen molar-refractivity contribution < 1.29 is 283 Å². The van der Waals surface area contributed by atoms with Crippen molar-refractivity contribution in [1.29, 1.82) is 0 Å². The Morgan fingerprint density at radius 2 is 0.121 bits per heavy atom. The van der Waals surface area contributed by atoms with Gasteiger partial charge in [0.2, 0.25) is 349 Å². The van der Waals surface area contributed by atoms with Gasteiger partial charge in [0.15, 0.2) is 85.4 Å². The molecular formula is C72F60O4P4. The van der Waals surface area contributed by atoms with Crippen LogP contribution < -0.4 is 78.3 Å². The van der Waals surface area contributed by atoms with Gasteiger partial charge in [-0.25, -0.2) is 158 Å². The number of phosphoric acid groups is 1. The lowest BCUT2D eigenvalue weighted by molar-refractivity contribution is -0.432. The molecule has 0 spiro atoms. The molecule has 0 heterocycles. The van der Waals surface area contributed by atoms with E-state index in [1.54, 1.807) is 0 Å². The van der Waals surface area contributed by atoms with Crippen LogP contribution in [0.2, 0.25) is 0 Å². The van der Waals surface area contributed by atoms with Crippen LogP contribution in [0.25, 0.3) is 0 Å². The summed E-state index contributed by atoms with van der Waals surface area (Å²) in [6.45, 7) is 0. The van der Waals surface area contributed by atoms with Crippen molar-refractivity contribution in [2.75, 3.05) is 0 Å². The summed E-state index contributed by atoms with van der Waals surface area (Å²) in [5, 5.41) is -42.4. The van der Waals surface area contributed by atoms with Crippen molar-refractivity contribution in [2.45, 2.75) is 0 Å². The molecule has 12 aromatic rings. The topological polar surface area (TPSA) is 86.2 Å². The number of benzene rings is 12. The van der Waals surface area contributed by atoms with Gasteiger partial charge in [-0.1, -0.05) is 0 Å². The van der Waals surface area contributed by atoms with Crippen LogP contribution in [0.1, 0.15) is 0 Å². The SMILES string of the molecule is Fc1c(F)c(F)c([P+](c2c(F)c(F)c(F)c(F)c2F)(c2c(F)c(F)c(F)c(F)c2F)c2c(F)c(F)c(F)c(F)c2F)c(F)c1F.Fc1c(F)c(F)c([P+](c2c(F)c(F)c(F)c(F)c2F)(c2c(F)c(F)c(F)c(F)c2F)c2c(F)c(F)c(F)c(F)c2F)c(F)c1F.Fc1c(F)c(F)c([P+](c2c(F)c(F)c(F)c(F)c2F)(c2c(F)c(F)c(F)c(F)c2F)c2c(F)c(F)c(F)c(F)c2F)c(F)c1F.O=P([O-])([O-])[O-]. The smallest absolute Gasteiger partial charge is 0.208 e. The molecule has 0 aromatic heterocycles. The molecule has 0 radical (unpaired) electrons. The second-order valence-corrected chi connectivity index (χ2v) is 35.8. The average Bonchev–Trinajstić information content (AvgIpc) is 0.687. The van der Waals surface area contributed by atoms with Gasteiger partial charge in [-0.05, 0) is 0 Å². The maximum atomic E-state index is 15.4. The first-order chi connectivity index (χ1) is 64.1. The Morgan fingerprint density at radius 1 is 0.0929 bits per heavy atom. The molecule has 0 bridgehead atoms. The molecule has 0 aliphatic heterocycles. The summed E-state index contributed by atoms with van der Waals surface area (Å²) in [7, 11) is -29.7. The zero-order valence-corrected chi connectivity index (χ0v) is 65.7. The fraction of sp³-hybridized carbons (Fsp3) is 0. The molecule has 0 aliphatic rings. The van der Waals surface area contributed by atoms with E-state index in [1.807, 2.05) is 0 Å². The maximum Gasteiger partial charge on any atom is 0.208 e. The highest BCUT2D eigenvalue weighted by Gasteiger charge is 2.71. The van der Waals surface area contributed by atoms with Gasteiger partial charge in [-0.2, -0.15) is 113 Å². The summed E-state index contributed by atoms with van der Waals surface area (Å²) < 4.78 is 891. The third kappa shape index (κ3) is 16.2. The number of halogens is 60. The Balaban J connectivity index is 0.000000229. The molecule has 12 aromatic carbocycles. The minimum absolute atomic E-state index is 3.33. The first-order valence-corrected chi connectivity index (χ1v) is 39.6. The van der Waals surface area contributed by atoms with Gasteiger partial charge in [0.05, 0.1) is 0 Å². The Morgan fingerprint density at radius 3 is 0.157 bits per heavy atom. The van der Waals surface area contributed by atoms with Crippen molar-refractivity contribution >= 4 is 93.3 Å². The van der Waals surface area contributed by atoms with Gasteiger partial charge < -0.3 is 19.2 Å². The summed E-state index contributed by atoms with van der Waals surface area (Å²) in [4.78, 5) is 25.6. The van der Waals surface area contributed by atoms with Crippen LogP contribution >= 0.6 is 29.6 Å². The van der Waals surface area contributed by atoms with E-state index in [0.717, 1.165) is 0 Å². The first-order valence-electron chi connectivity index (χ1n) is 32.8. The van der Waals surface area contributed by atoms with Crippen molar-refractivity contribution in [2.24, 2.45) is 0 Å². The molecular weight excluding hydrogens is 2190 g/mol. The normalized spacial score (nSPS) is 12.0. The van der Waals surface area contributed by atoms with E-state index in [9.17, 15) is 158 Å². The maximum absolute atomic E-state index is 15.4. The van der Waals surface area contributed by atoms with Crippen molar-refractivity contribution in [3.05, 3.63) is 349 Å². The number of hydrogen-bond acceptors (Lipinski definition) is 4. The third-order valence-electron chi connectivity index (χ3n) is 18.3. The predicted molar refractivity (Wildman–Crippen MR) is 339 cm³/mol. The van der Waals surface area contributed by atoms with Crippen molar-refractivity contribution in [1.82, 2.24) is 0 Å². The number of rotatable bonds is 12. The Hall–Kier alpha value is -12.2. The molecule has 0 atom stereocenters. The van der Waals surface area contributed by atoms with Crippen LogP contribution in [0.3, 0.4) is 0 Å². The Bertz CT molecular complexity index is 5590. The lowest BCUT2D eigenvalue weighted by atomic mass is 10.3. The van der Waals surface area contributed by atoms with Gasteiger partial charge in [-0.15, -0.1) is 0 Å². The van der Waals surface area contributed by atoms with Gasteiger partial charge in [0.1, 0.15) is 0 Å². The predicted octanol–water partition coefficient (Wildman–Crippen LogP) is 18.4. The van der Waals surface area contributed by atoms with E-state index >= 15 is 105 Å². The molecule has 0 saturated heterocycles. The lowest BCUT2D eigenvalue weighted by Gasteiger charge is -2.36. The van der Waals surface area contributed by atoms with Crippen LogP contribution in [0.15, 0.2) is 0 Å². The monoisotopic (exact) mass is 2190 g/mol. The molecule has 0 amide bonds. The van der Waals surface area contributed by atoms with Gasteiger partial charge in [-0.3, -0.25) is 0 Å². The second-order valence-electron chi connectivity index (χ2n) is 25.5. The van der Waals surface area contributed by atoms with Crippen LogP contribution in [0.4, 0.5) is 263 Å². The highest BCUT2D eigenvalue weighted by atomic mass is 31.2. The van der Waals surface area contributed by atoms with E-state index in [-0.39, 0.29) is 0 Å². The van der Waals surface area contributed by atoms with Gasteiger partial charge >= 0.3 is 0 Å². The molecule has 4 nitrogen and oxygen atoms in total. The largest absolute Gasteiger partial charge is 0.822 e. The number of hydrogen-bond donors (Lipinski definition) is 0. The van der Waals surface area contributed by atoms with E-state index in [2.05, 4.69) is 0 Å². The quantitative estimate of drug-likeness (QED) is 0.0528. The summed E-state index contributed by atoms with van der Waals surface area (Å²) in [6.07, 6.45) is 0. The highest BCUT2D eigenvalue weighted by Crippen LogP contribution is 2.65. The van der Waals surface area contributed by atoms with Crippen LogP contribution in [0, 0.1) is 349 Å². The first kappa shape index (κ1) is 111. The molecule has 752 valence electrons. The van der Waals surface area contributed by atoms with Crippen molar-refractivity contribution in [3.8, 4) is 0 Å². The summed E-state index contributed by atoms with van der Waals surface area (Å²) in [5.74, 6) is -213. The fourth-order valence-corrected chi connectivity index (χ4v) is 26.1. The summed E-state index contributed by atoms with van der Waals surface area (Å²) >= 11 is 0. The van der Waals surface area contributed by atoms with Crippen LogP contribution in [0.5, 0.6) is 0 Å². The molecule has 0 unspecified atom stereocenters. The zero-order chi connectivity index (χ0) is 108. The van der Waals surface area contributed by atoms with E-state index < -0.39 is 442 Å². The minimum Gasteiger partial charge on any atom is -0.822 e. The summed E-state index contributed by atoms with van der Waals surface area (Å²) in [5.41, 5.74) is 0. The standard InChI is InChI=1S/3C24F20P.H3O4P/c3*25-1-5(29)13(37)21(14(38)6(1)30)45(22-15(39)7(31)2(26)8(32)16(22)40,23-17(41)9(33)3(27)10(34)18(23)42)24-19(43)11(35)4(28)12(36)20(24)44;1-5(2,3)4/h;;;(H3,1,2,3,4)/q3*+1;/p-3. The summed E-state index contributed by atoms with van der Waals surface area (Å²) in [6, 6.07) is 0. The second kappa shape index (κ2) is 38.7. The minimum atomic E-state index is -8.09. The molecule has 0 fully saturated rings. The van der Waals surface area contributed by atoms with Crippen LogP contribution in [-0.4, -0.2) is 0 Å². The molecule has 0 saturated carbocycles. The third-order valence-corrected chi connectivity index (χ3v) is 31.0. The van der Waals surface area contributed by atoms with E-state index in [0.29, 0.717) is 0 Å². The molecule has 68 heteroatoms. The van der Waals surface area contributed by atoms with Gasteiger partial charge in [0.25, 0.3) is 0 Å². The molecule has 0 aliphatic carbocycles. The lowest BCUT2D eigenvalue weighted by Crippen LogP contribution is -2.50. The van der Waals surface area contributed by atoms with Gasteiger partial charge in [0, 0.05) is 0 Å². The fourth-order valence-electron chi connectivity index (χ4n) is 12.7. The highest BCUT2D eigenvalue weighted by molar-refractivity contribution is 8.02. The zero-order valence-electron chi connectivity index (χ0n) is 62.1. The van der Waals surface area contributed by atoms with Crippen molar-refractivity contribution in [3.63, 3.8) is 0 Å². The van der Waals surface area contributed by atoms with Crippen LogP contribution in [-0.2, 0) is 4.57 Å². The van der Waals surface area contributed by atoms with E-state index in [1.165, 1.54) is 0 Å². The molecule has 0 N–H and O–H groups in total. The molecule has 140 heavy (non-hydrogen) atoms. The van der Waals surface area contributed by atoms with E-state index in [4.69, 9.17) is 19.2 Å². The average molecular weight is 2190 g/mol. The Labute approximate surface area is 723 Å². The molecule has 12 rings (SSSR count).